The van der Waals surface area contributed by atoms with E-state index in [1.807, 2.05) is 117 Å². The van der Waals surface area contributed by atoms with Crippen molar-refractivity contribution in [1.82, 2.24) is 45.9 Å². The third-order valence-electron chi connectivity index (χ3n) is 16.3. The van der Waals surface area contributed by atoms with E-state index in [4.69, 9.17) is 45.9 Å². The van der Waals surface area contributed by atoms with E-state index in [1.165, 1.54) is 61.9 Å². The molecule has 0 saturated heterocycles. The van der Waals surface area contributed by atoms with Gasteiger partial charge in [-0.1, -0.05) is 54.4 Å². The average Bonchev–Trinajstić information content (AvgIpc) is 1.82. The van der Waals surface area contributed by atoms with E-state index in [1.54, 1.807) is 54.9 Å². The Bertz CT molecular complexity index is 5730. The standard InChI is InChI=1S/2C29H26ClFN4O4S.C17H19N3O3S.C4H10O2S.ClH.5HI.2V/c2*1-40(36,37)12-11-32-16-23-7-10-27(39-23)20-5-8-26-24(14-20)29(34-18-33-26)35-22-6-9-28(25(30)15-22)38-17-19-3-2-4-21(31)13-19;1-12-15-9-13(3-5-16(15)20-11-19-12)17-6-4-14(23-17)10-18-7-8-24(2,21)22;1-3-4-7(2,5)6;;;;;;;;/h2*2-10,13-15,18,32H,11-12,16-17H2,1H3,(H,33,34,35);3-6,9,11,18H,7-8,10H2,1-2H3;3-4H2,1-2H3;6*1H;;/q;;;;;;;;;;+2;+3/p-5. The van der Waals surface area contributed by atoms with Gasteiger partial charge in [-0.05, 0) is 176 Å². The second-order valence-electron chi connectivity index (χ2n) is 26.1. The van der Waals surface area contributed by atoms with Gasteiger partial charge in [0.1, 0.15) is 141 Å². The Hall–Kier alpha value is -5.17. The molecule has 0 radical (unpaired) electrons. The van der Waals surface area contributed by atoms with Crippen LogP contribution in [0.1, 0.15) is 47.4 Å². The summed E-state index contributed by atoms with van der Waals surface area (Å²) in [6.07, 6.45) is 10.1. The second-order valence-corrected chi connectivity index (χ2v) is 83.1. The van der Waals surface area contributed by atoms with Crippen molar-refractivity contribution >= 4 is 231 Å². The number of benzene rings is 7. The number of ether oxygens (including phenoxy) is 2. The van der Waals surface area contributed by atoms with Crippen molar-refractivity contribution in [2.45, 2.75) is 53.1 Å². The van der Waals surface area contributed by atoms with Crippen LogP contribution >= 0.6 is 136 Å². The van der Waals surface area contributed by atoms with Gasteiger partial charge < -0.3 is 49.3 Å². The van der Waals surface area contributed by atoms with Crippen LogP contribution in [-0.2, 0) is 86.6 Å². The summed E-state index contributed by atoms with van der Waals surface area (Å²) in [5.41, 5.74) is 8.77. The number of hydrogen-bond acceptors (Lipinski definition) is 24. The molecule has 6 heterocycles. The SMILES string of the molecule is CCCS(C)(=O)=O.CS(=O)(=O)CCNCc1ccc(-c2ccc3ncnc(Nc4ccc(OCc5cccc(F)c5)c(Cl)c4)c3c2)o1.CS(=O)(=O)CCNCc1ccc(-c2ccc3ncnc(Nc4ccc(OCc5cccc(F)c5)c(Cl)c4)c3c2)o1.Cc1ncnc2ccc(-c3ccc(CNCCS(C)(=O)=O)o3)cc12.Cl.[I][V]([I])[I].[I][V][I]. The van der Waals surface area contributed by atoms with Crippen LogP contribution in [0.3, 0.4) is 0 Å². The molecule has 635 valence electrons. The molecule has 119 heavy (non-hydrogen) atoms. The molecule has 0 aliphatic rings. The number of nitrogens with one attached hydrogen (secondary N) is 5. The van der Waals surface area contributed by atoms with Crippen LogP contribution in [0, 0.1) is 18.6 Å². The van der Waals surface area contributed by atoms with Crippen LogP contribution < -0.4 is 36.1 Å². The van der Waals surface area contributed by atoms with E-state index in [-0.39, 0.29) is 59.4 Å². The molecule has 0 amide bonds. The van der Waals surface area contributed by atoms with Gasteiger partial charge in [-0.3, -0.25) is 0 Å². The molecule has 0 bridgehead atoms. The second kappa shape index (κ2) is 50.1. The molecule has 13 rings (SSSR count). The Labute approximate surface area is 773 Å². The first-order valence-electron chi connectivity index (χ1n) is 35.5. The fourth-order valence-corrected chi connectivity index (χ4v) is 13.6. The molecule has 5 N–H and O–H groups in total. The van der Waals surface area contributed by atoms with E-state index in [9.17, 15) is 42.5 Å². The molecule has 0 aliphatic carbocycles. The zero-order chi connectivity index (χ0) is 85.6. The minimum atomic E-state index is -3.02. The minimum absolute atomic E-state index is 0. The molecule has 0 unspecified atom stereocenters. The molecule has 40 heteroatoms. The van der Waals surface area contributed by atoms with Crippen LogP contribution in [0.25, 0.3) is 66.7 Å². The zero-order valence-corrected chi connectivity index (χ0v) is 83.7. The Morgan fingerprint density at radius 3 is 1.10 bits per heavy atom. The molecule has 0 spiro atoms. The van der Waals surface area contributed by atoms with Gasteiger partial charge in [0, 0.05) is 100 Å². The first-order chi connectivity index (χ1) is 56.1. The van der Waals surface area contributed by atoms with Crippen LogP contribution in [0.15, 0.2) is 208 Å². The predicted molar refractivity (Wildman–Crippen MR) is 509 cm³/mol. The maximum absolute atomic E-state index is 13.4. The van der Waals surface area contributed by atoms with Gasteiger partial charge in [-0.2, -0.15) is 0 Å². The summed E-state index contributed by atoms with van der Waals surface area (Å²) < 4.78 is 144. The van der Waals surface area contributed by atoms with E-state index in [2.05, 4.69) is 156 Å². The molecule has 24 nitrogen and oxygen atoms in total. The summed E-state index contributed by atoms with van der Waals surface area (Å²) in [7, 11) is -11.0. The first-order valence-corrected chi connectivity index (χ1v) is 67.0. The fourth-order valence-electron chi connectivity index (χ4n) is 10.9. The van der Waals surface area contributed by atoms with Crippen LogP contribution in [-0.4, -0.2) is 131 Å². The van der Waals surface area contributed by atoms with Gasteiger partial charge in [-0.15, -0.1) is 12.4 Å². The number of halogens is 10. The average molecular weight is 2400 g/mol. The number of hydrogen-bond donors (Lipinski definition) is 5. The molecule has 7 aromatic carbocycles. The van der Waals surface area contributed by atoms with Crippen molar-refractivity contribution in [3.8, 4) is 45.5 Å². The summed E-state index contributed by atoms with van der Waals surface area (Å²) in [5.74, 6) is 6.30. The number of fused-ring (bicyclic) bond motifs is 3. The van der Waals surface area contributed by atoms with Crippen molar-refractivity contribution in [3.63, 3.8) is 0 Å². The van der Waals surface area contributed by atoms with E-state index >= 15 is 0 Å². The van der Waals surface area contributed by atoms with Crippen LogP contribution in [0.2, 0.25) is 10.0 Å². The Balaban J connectivity index is 0.000000232. The number of nitrogens with zero attached hydrogens (tertiary/aromatic N) is 6. The molecule has 13 aromatic rings. The summed E-state index contributed by atoms with van der Waals surface area (Å²) >= 11 is 25.1. The van der Waals surface area contributed by atoms with Crippen LogP contribution in [0.5, 0.6) is 11.5 Å². The van der Waals surface area contributed by atoms with Crippen molar-refractivity contribution in [1.29, 1.82) is 0 Å². The number of anilines is 4. The molecule has 0 fully saturated rings. The number of furan rings is 3. The third kappa shape index (κ3) is 36.5. The normalized spacial score (nSPS) is 11.3. The van der Waals surface area contributed by atoms with E-state index in [0.717, 1.165) is 73.0 Å². The van der Waals surface area contributed by atoms with Gasteiger partial charge in [0.25, 0.3) is 0 Å². The zero-order valence-electron chi connectivity index (χ0n) is 64.5. The van der Waals surface area contributed by atoms with Gasteiger partial charge in [0.15, 0.2) is 0 Å². The van der Waals surface area contributed by atoms with Crippen molar-refractivity contribution in [2.24, 2.45) is 0 Å². The summed E-state index contributed by atoms with van der Waals surface area (Å²) in [5, 5.41) is 19.2. The monoisotopic (exact) mass is 2400 g/mol. The summed E-state index contributed by atoms with van der Waals surface area (Å²) in [6.45, 7) is 6.61. The van der Waals surface area contributed by atoms with Gasteiger partial charge in [-0.25, -0.2) is 72.4 Å². The molecular formula is C79H82Cl3F2I5N11O13S4V2. The van der Waals surface area contributed by atoms with Gasteiger partial charge >= 0.3 is 114 Å². The van der Waals surface area contributed by atoms with Gasteiger partial charge in [0.05, 0.1) is 63.5 Å². The van der Waals surface area contributed by atoms with E-state index < -0.39 is 39.3 Å². The number of aryl methyl sites for hydroxylation is 1. The van der Waals surface area contributed by atoms with Crippen LogP contribution in [0.4, 0.5) is 31.8 Å². The van der Waals surface area contributed by atoms with E-state index in [0.29, 0.717) is 133 Å². The molecule has 6 aromatic heterocycles. The Morgan fingerprint density at radius 2 is 0.782 bits per heavy atom. The predicted octanol–water partition coefficient (Wildman–Crippen LogP) is 19.9. The molecular weight excluding hydrogens is 2320 g/mol. The topological polar surface area (TPSA) is 332 Å². The van der Waals surface area contributed by atoms with Crippen molar-refractivity contribution in [3.05, 3.63) is 251 Å². The quantitative estimate of drug-likeness (QED) is 0.0206. The number of sulfone groups is 4. The molecule has 0 aliphatic heterocycles. The van der Waals surface area contributed by atoms with Crippen molar-refractivity contribution < 1.29 is 79.6 Å². The summed E-state index contributed by atoms with van der Waals surface area (Å²) in [4.78, 5) is 25.8. The third-order valence-corrected chi connectivity index (χ3v) is 20.9. The molecule has 0 atom stereocenters. The van der Waals surface area contributed by atoms with Gasteiger partial charge in [0.2, 0.25) is 0 Å². The Kier molecular flexibility index (Phi) is 42.5. The maximum atomic E-state index is 13.4. The van der Waals surface area contributed by atoms with Crippen molar-refractivity contribution in [2.75, 3.05) is 78.3 Å². The fraction of sp³-hybridized carbons (Fsp3) is 0.241. The first kappa shape index (κ1) is 101. The Morgan fingerprint density at radius 1 is 0.445 bits per heavy atom. The molecule has 0 saturated carbocycles. The number of aromatic nitrogens is 6. The number of rotatable bonds is 30. The summed E-state index contributed by atoms with van der Waals surface area (Å²) in [6, 6.07) is 51.7.